The first kappa shape index (κ1) is 20.1. The van der Waals surface area contributed by atoms with Crippen molar-refractivity contribution in [3.63, 3.8) is 0 Å². The van der Waals surface area contributed by atoms with Crippen LogP contribution in [0, 0.1) is 5.92 Å². The van der Waals surface area contributed by atoms with Crippen molar-refractivity contribution in [3.8, 4) is 11.5 Å². The molecule has 1 fully saturated rings. The first-order chi connectivity index (χ1) is 14.6. The fourth-order valence-electron chi connectivity index (χ4n) is 4.25. The van der Waals surface area contributed by atoms with Gasteiger partial charge in [-0.3, -0.25) is 4.79 Å². The van der Waals surface area contributed by atoms with E-state index in [1.165, 1.54) is 0 Å². The fourth-order valence-corrected chi connectivity index (χ4v) is 4.25. The molecule has 4 rings (SSSR count). The molecule has 2 aliphatic rings. The lowest BCUT2D eigenvalue weighted by Gasteiger charge is -2.21. The molecule has 0 spiro atoms. The standard InChI is InChI=1S/C23H27N3O4/c1-29-19-11-18(12-20(14-19)30-2)25-23(28)24-17-8-7-15-9-10-26(21(15)13-17)22(27)16-5-3-4-6-16/h7-8,11-14,16H,3-6,9-10H2,1-2H3,(H2,24,25,28). The molecule has 7 heteroatoms. The lowest BCUT2D eigenvalue weighted by molar-refractivity contribution is -0.122. The third-order valence-corrected chi connectivity index (χ3v) is 5.82. The monoisotopic (exact) mass is 409 g/mol. The van der Waals surface area contributed by atoms with Gasteiger partial charge in [0.05, 0.1) is 14.2 Å². The molecule has 0 saturated heterocycles. The zero-order valence-electron chi connectivity index (χ0n) is 17.4. The maximum absolute atomic E-state index is 12.9. The number of benzene rings is 2. The van der Waals surface area contributed by atoms with Crippen LogP contribution in [0.25, 0.3) is 0 Å². The second-order valence-electron chi connectivity index (χ2n) is 7.75. The minimum atomic E-state index is -0.378. The van der Waals surface area contributed by atoms with Crippen LogP contribution in [0.5, 0.6) is 11.5 Å². The van der Waals surface area contributed by atoms with Gasteiger partial charge in [0.2, 0.25) is 5.91 Å². The van der Waals surface area contributed by atoms with E-state index in [1.807, 2.05) is 23.1 Å². The summed E-state index contributed by atoms with van der Waals surface area (Å²) in [6.07, 6.45) is 5.08. The highest BCUT2D eigenvalue weighted by Gasteiger charge is 2.32. The van der Waals surface area contributed by atoms with Gasteiger partial charge >= 0.3 is 6.03 Å². The Morgan fingerprint density at radius 3 is 2.27 bits per heavy atom. The Labute approximate surface area is 176 Å². The first-order valence-electron chi connectivity index (χ1n) is 10.3. The number of nitrogens with one attached hydrogen (secondary N) is 2. The molecule has 0 radical (unpaired) electrons. The van der Waals surface area contributed by atoms with Crippen LogP contribution in [0.4, 0.5) is 21.9 Å². The molecule has 1 saturated carbocycles. The minimum absolute atomic E-state index is 0.138. The maximum atomic E-state index is 12.9. The van der Waals surface area contributed by atoms with E-state index in [2.05, 4.69) is 10.6 Å². The maximum Gasteiger partial charge on any atom is 0.323 e. The summed E-state index contributed by atoms with van der Waals surface area (Å²) in [5, 5.41) is 5.65. The third-order valence-electron chi connectivity index (χ3n) is 5.82. The predicted octanol–water partition coefficient (Wildman–Crippen LogP) is 4.43. The second kappa shape index (κ2) is 8.65. The largest absolute Gasteiger partial charge is 0.497 e. The molecule has 0 unspecified atom stereocenters. The van der Waals surface area contributed by atoms with Gasteiger partial charge in [0, 0.05) is 47.7 Å². The zero-order chi connectivity index (χ0) is 21.1. The lowest BCUT2D eigenvalue weighted by atomic mass is 10.1. The number of urea groups is 1. The molecule has 0 atom stereocenters. The second-order valence-corrected chi connectivity index (χ2v) is 7.75. The quantitative estimate of drug-likeness (QED) is 0.766. The molecular formula is C23H27N3O4. The van der Waals surface area contributed by atoms with E-state index >= 15 is 0 Å². The molecule has 158 valence electrons. The molecule has 1 heterocycles. The highest BCUT2D eigenvalue weighted by atomic mass is 16.5. The Morgan fingerprint density at radius 1 is 0.933 bits per heavy atom. The number of amides is 3. The van der Waals surface area contributed by atoms with Crippen molar-refractivity contribution in [2.45, 2.75) is 32.1 Å². The van der Waals surface area contributed by atoms with Crippen LogP contribution in [0.15, 0.2) is 36.4 Å². The first-order valence-corrected chi connectivity index (χ1v) is 10.3. The number of nitrogens with zero attached hydrogens (tertiary/aromatic N) is 1. The molecule has 3 amide bonds. The van der Waals surface area contributed by atoms with Gasteiger partial charge < -0.3 is 25.0 Å². The van der Waals surface area contributed by atoms with Gasteiger partial charge in [0.15, 0.2) is 0 Å². The van der Waals surface area contributed by atoms with E-state index in [0.29, 0.717) is 29.4 Å². The number of anilines is 3. The van der Waals surface area contributed by atoms with Crippen molar-refractivity contribution in [3.05, 3.63) is 42.0 Å². The third kappa shape index (κ3) is 4.20. The number of carbonyl (C=O) groups excluding carboxylic acids is 2. The molecule has 0 bridgehead atoms. The number of carbonyl (C=O) groups is 2. The van der Waals surface area contributed by atoms with Crippen LogP contribution in [-0.4, -0.2) is 32.7 Å². The Balaban J connectivity index is 1.46. The highest BCUT2D eigenvalue weighted by molar-refractivity contribution is 6.02. The van der Waals surface area contributed by atoms with Crippen LogP contribution >= 0.6 is 0 Å². The van der Waals surface area contributed by atoms with Crippen LogP contribution < -0.4 is 25.0 Å². The smallest absolute Gasteiger partial charge is 0.323 e. The number of fused-ring (bicyclic) bond motifs is 1. The molecular weight excluding hydrogens is 382 g/mol. The normalized spacial score (nSPS) is 15.6. The summed E-state index contributed by atoms with van der Waals surface area (Å²) in [5.74, 6) is 1.53. The molecule has 0 aromatic heterocycles. The van der Waals surface area contributed by atoms with Crippen molar-refractivity contribution < 1.29 is 19.1 Å². The van der Waals surface area contributed by atoms with Crippen molar-refractivity contribution in [1.29, 1.82) is 0 Å². The Morgan fingerprint density at radius 2 is 1.60 bits per heavy atom. The van der Waals surface area contributed by atoms with Crippen molar-refractivity contribution >= 4 is 29.0 Å². The van der Waals surface area contributed by atoms with Gasteiger partial charge in [0.1, 0.15) is 11.5 Å². The Kier molecular flexibility index (Phi) is 5.79. The average molecular weight is 409 g/mol. The van der Waals surface area contributed by atoms with E-state index in [4.69, 9.17) is 9.47 Å². The van der Waals surface area contributed by atoms with Crippen LogP contribution in [0.1, 0.15) is 31.2 Å². The van der Waals surface area contributed by atoms with Gasteiger partial charge in [0.25, 0.3) is 0 Å². The van der Waals surface area contributed by atoms with Crippen LogP contribution in [0.3, 0.4) is 0 Å². The Hall–Kier alpha value is -3.22. The van der Waals surface area contributed by atoms with Crippen LogP contribution in [-0.2, 0) is 11.2 Å². The summed E-state index contributed by atoms with van der Waals surface area (Å²) in [7, 11) is 3.11. The molecule has 1 aliphatic carbocycles. The van der Waals surface area contributed by atoms with E-state index in [-0.39, 0.29) is 17.9 Å². The topological polar surface area (TPSA) is 79.9 Å². The van der Waals surface area contributed by atoms with E-state index in [9.17, 15) is 9.59 Å². The summed E-state index contributed by atoms with van der Waals surface area (Å²) in [5.41, 5.74) is 3.26. The summed E-state index contributed by atoms with van der Waals surface area (Å²) in [4.78, 5) is 27.3. The molecule has 1 aliphatic heterocycles. The fraction of sp³-hybridized carbons (Fsp3) is 0.391. The van der Waals surface area contributed by atoms with Crippen molar-refractivity contribution in [2.75, 3.05) is 36.3 Å². The SMILES string of the molecule is COc1cc(NC(=O)Nc2ccc3c(c2)N(C(=O)C2CCCC2)CC3)cc(OC)c1. The van der Waals surface area contributed by atoms with E-state index in [0.717, 1.165) is 43.4 Å². The van der Waals surface area contributed by atoms with Crippen LogP contribution in [0.2, 0.25) is 0 Å². The lowest BCUT2D eigenvalue weighted by Crippen LogP contribution is -2.33. The summed E-state index contributed by atoms with van der Waals surface area (Å²) >= 11 is 0. The molecule has 2 N–H and O–H groups in total. The van der Waals surface area contributed by atoms with Crippen molar-refractivity contribution in [1.82, 2.24) is 0 Å². The van der Waals surface area contributed by atoms with Gasteiger partial charge in [-0.15, -0.1) is 0 Å². The number of methoxy groups -OCH3 is 2. The summed E-state index contributed by atoms with van der Waals surface area (Å²) < 4.78 is 10.5. The molecule has 2 aromatic rings. The number of hydrogen-bond acceptors (Lipinski definition) is 4. The number of rotatable bonds is 5. The molecule has 2 aromatic carbocycles. The van der Waals surface area contributed by atoms with E-state index < -0.39 is 0 Å². The predicted molar refractivity (Wildman–Crippen MR) is 117 cm³/mol. The zero-order valence-corrected chi connectivity index (χ0v) is 17.4. The molecule has 30 heavy (non-hydrogen) atoms. The summed E-state index contributed by atoms with van der Waals surface area (Å²) in [6, 6.07) is 10.5. The highest BCUT2D eigenvalue weighted by Crippen LogP contribution is 2.35. The summed E-state index contributed by atoms with van der Waals surface area (Å²) in [6.45, 7) is 0.712. The van der Waals surface area contributed by atoms with Crippen molar-refractivity contribution in [2.24, 2.45) is 5.92 Å². The van der Waals surface area contributed by atoms with Gasteiger partial charge in [-0.05, 0) is 37.0 Å². The Bertz CT molecular complexity index is 931. The van der Waals surface area contributed by atoms with Gasteiger partial charge in [-0.2, -0.15) is 0 Å². The van der Waals surface area contributed by atoms with Gasteiger partial charge in [-0.25, -0.2) is 4.79 Å². The minimum Gasteiger partial charge on any atom is -0.497 e. The number of hydrogen-bond donors (Lipinski definition) is 2. The molecule has 7 nitrogen and oxygen atoms in total. The van der Waals surface area contributed by atoms with Gasteiger partial charge in [-0.1, -0.05) is 18.9 Å². The average Bonchev–Trinajstić information content (AvgIpc) is 3.42. The number of ether oxygens (including phenoxy) is 2. The van der Waals surface area contributed by atoms with E-state index in [1.54, 1.807) is 32.4 Å².